The lowest BCUT2D eigenvalue weighted by Crippen LogP contribution is -2.51. The molecule has 0 spiro atoms. The lowest BCUT2D eigenvalue weighted by Gasteiger charge is -2.47. The quantitative estimate of drug-likeness (QED) is 0.719. The fourth-order valence-electron chi connectivity index (χ4n) is 4.45. The number of aliphatic imine (C=N–C) groups is 1. The number of rotatable bonds is 5. The first-order valence-corrected chi connectivity index (χ1v) is 10.7. The van der Waals surface area contributed by atoms with Gasteiger partial charge in [-0.1, -0.05) is 53.7 Å². The van der Waals surface area contributed by atoms with E-state index in [9.17, 15) is 0 Å². The minimum absolute atomic E-state index is 0.136. The minimum atomic E-state index is 0.136. The molecule has 4 nitrogen and oxygen atoms in total. The summed E-state index contributed by atoms with van der Waals surface area (Å²) in [6, 6.07) is 8.75. The topological polar surface area (TPSA) is 28.1 Å². The minimum Gasteiger partial charge on any atom is -0.497 e. The summed E-state index contributed by atoms with van der Waals surface area (Å²) in [4.78, 5) is 10.3. The van der Waals surface area contributed by atoms with Gasteiger partial charge in [-0.25, -0.2) is 0 Å². The molecule has 0 aromatic heterocycles. The third kappa shape index (κ3) is 4.27. The van der Waals surface area contributed by atoms with Crippen LogP contribution in [0.1, 0.15) is 53.5 Å². The maximum absolute atomic E-state index is 5.30. The molecule has 0 amide bonds. The average Bonchev–Trinajstić information content (AvgIpc) is 2.66. The Bertz CT molecular complexity index is 740. The smallest absolute Gasteiger partial charge is 0.118 e. The first-order valence-electron chi connectivity index (χ1n) is 10.7. The van der Waals surface area contributed by atoms with E-state index in [1.807, 2.05) is 0 Å². The van der Waals surface area contributed by atoms with Crippen LogP contribution in [0.25, 0.3) is 0 Å². The molecule has 2 aliphatic heterocycles. The second-order valence-electron chi connectivity index (χ2n) is 9.43. The molecule has 3 rings (SSSR count). The van der Waals surface area contributed by atoms with Crippen molar-refractivity contribution < 1.29 is 4.74 Å². The third-order valence-corrected chi connectivity index (χ3v) is 5.88. The monoisotopic (exact) mass is 383 g/mol. The standard InChI is InChI=1S/C24H37N3O/c1-8-21-25-23(24(4,5)6)22(17(2)3)20-16-26(13-14-27(20)21)15-18-9-11-19(28-7)12-10-18/h9-12,17,23H,8,13-16H2,1-7H3. The van der Waals surface area contributed by atoms with Gasteiger partial charge in [0.15, 0.2) is 0 Å². The molecule has 28 heavy (non-hydrogen) atoms. The van der Waals surface area contributed by atoms with E-state index in [-0.39, 0.29) is 11.5 Å². The molecule has 1 atom stereocenters. The van der Waals surface area contributed by atoms with Crippen LogP contribution in [0.15, 0.2) is 40.5 Å². The lowest BCUT2D eigenvalue weighted by atomic mass is 9.76. The van der Waals surface area contributed by atoms with Crippen molar-refractivity contribution in [2.75, 3.05) is 26.7 Å². The predicted octanol–water partition coefficient (Wildman–Crippen LogP) is 4.96. The van der Waals surface area contributed by atoms with Gasteiger partial charge in [0.25, 0.3) is 0 Å². The number of amidine groups is 1. The van der Waals surface area contributed by atoms with Crippen LogP contribution in [-0.2, 0) is 6.54 Å². The third-order valence-electron chi connectivity index (χ3n) is 5.88. The van der Waals surface area contributed by atoms with Gasteiger partial charge in [0.05, 0.1) is 13.2 Å². The number of methoxy groups -OCH3 is 1. The van der Waals surface area contributed by atoms with Crippen LogP contribution < -0.4 is 4.74 Å². The van der Waals surface area contributed by atoms with Crippen molar-refractivity contribution >= 4 is 5.84 Å². The molecule has 1 unspecified atom stereocenters. The van der Waals surface area contributed by atoms with Gasteiger partial charge in [0, 0.05) is 38.3 Å². The summed E-state index contributed by atoms with van der Waals surface area (Å²) in [5.41, 5.74) is 4.51. The van der Waals surface area contributed by atoms with Crippen LogP contribution in [0.5, 0.6) is 5.75 Å². The zero-order valence-corrected chi connectivity index (χ0v) is 18.7. The fraction of sp³-hybridized carbons (Fsp3) is 0.625. The van der Waals surface area contributed by atoms with Gasteiger partial charge in [-0.2, -0.15) is 0 Å². The normalized spacial score (nSPS) is 21.1. The van der Waals surface area contributed by atoms with Gasteiger partial charge in [-0.05, 0) is 34.6 Å². The first kappa shape index (κ1) is 20.9. The Hall–Kier alpha value is -1.81. The van der Waals surface area contributed by atoms with Gasteiger partial charge in [-0.3, -0.25) is 9.89 Å². The Labute approximate surface area is 171 Å². The molecule has 4 heteroatoms. The summed E-state index contributed by atoms with van der Waals surface area (Å²) in [7, 11) is 1.72. The number of ether oxygens (including phenoxy) is 1. The van der Waals surface area contributed by atoms with E-state index < -0.39 is 0 Å². The maximum atomic E-state index is 5.30. The van der Waals surface area contributed by atoms with Crippen LogP contribution in [0, 0.1) is 11.3 Å². The molecule has 1 fully saturated rings. The number of hydrogen-bond donors (Lipinski definition) is 0. The van der Waals surface area contributed by atoms with Crippen LogP contribution >= 0.6 is 0 Å². The van der Waals surface area contributed by atoms with Crippen LogP contribution in [0.3, 0.4) is 0 Å². The zero-order valence-electron chi connectivity index (χ0n) is 18.7. The molecule has 0 bridgehead atoms. The number of piperazine rings is 1. The molecule has 154 valence electrons. The average molecular weight is 384 g/mol. The van der Waals surface area contributed by atoms with E-state index in [1.165, 1.54) is 22.7 Å². The summed E-state index contributed by atoms with van der Waals surface area (Å²) in [6.07, 6.45) is 1.000. The van der Waals surface area contributed by atoms with Crippen molar-refractivity contribution in [2.45, 2.75) is 60.5 Å². The number of nitrogens with zero attached hydrogens (tertiary/aromatic N) is 3. The highest BCUT2D eigenvalue weighted by Crippen LogP contribution is 2.39. The largest absolute Gasteiger partial charge is 0.497 e. The Morgan fingerprint density at radius 2 is 1.82 bits per heavy atom. The van der Waals surface area contributed by atoms with Gasteiger partial charge >= 0.3 is 0 Å². The second kappa shape index (κ2) is 8.28. The highest BCUT2D eigenvalue weighted by Gasteiger charge is 2.39. The first-order chi connectivity index (χ1) is 13.2. The van der Waals surface area contributed by atoms with Crippen molar-refractivity contribution in [2.24, 2.45) is 16.3 Å². The molecule has 1 aromatic rings. The Morgan fingerprint density at radius 1 is 1.14 bits per heavy atom. The molecule has 0 saturated carbocycles. The summed E-state index contributed by atoms with van der Waals surface area (Å²) >= 11 is 0. The van der Waals surface area contributed by atoms with Crippen molar-refractivity contribution in [3.8, 4) is 5.75 Å². The maximum Gasteiger partial charge on any atom is 0.118 e. The predicted molar refractivity (Wildman–Crippen MR) is 118 cm³/mol. The molecule has 1 aromatic carbocycles. The fourth-order valence-corrected chi connectivity index (χ4v) is 4.45. The summed E-state index contributed by atoms with van der Waals surface area (Å²) in [5, 5.41) is 0. The molecular formula is C24H37N3O. The highest BCUT2D eigenvalue weighted by molar-refractivity contribution is 5.85. The van der Waals surface area contributed by atoms with Gasteiger partial charge in [0.1, 0.15) is 11.6 Å². The van der Waals surface area contributed by atoms with Gasteiger partial charge in [-0.15, -0.1) is 0 Å². The van der Waals surface area contributed by atoms with Crippen molar-refractivity contribution in [3.05, 3.63) is 41.1 Å². The molecule has 2 aliphatic rings. The molecule has 0 aliphatic carbocycles. The molecule has 1 saturated heterocycles. The van der Waals surface area contributed by atoms with Gasteiger partial charge in [0.2, 0.25) is 0 Å². The Morgan fingerprint density at radius 3 is 2.36 bits per heavy atom. The number of benzene rings is 1. The van der Waals surface area contributed by atoms with Crippen LogP contribution in [0.4, 0.5) is 0 Å². The van der Waals surface area contributed by atoms with Crippen molar-refractivity contribution in [1.29, 1.82) is 0 Å². The summed E-state index contributed by atoms with van der Waals surface area (Å²) in [6.45, 7) is 17.9. The van der Waals surface area contributed by atoms with Crippen molar-refractivity contribution in [1.82, 2.24) is 9.80 Å². The lowest BCUT2D eigenvalue weighted by molar-refractivity contribution is 0.196. The van der Waals surface area contributed by atoms with E-state index in [4.69, 9.17) is 9.73 Å². The van der Waals surface area contributed by atoms with E-state index in [2.05, 4.69) is 75.6 Å². The SMILES string of the molecule is CCC1=NC(C(C)(C)C)C(C(C)C)=C2CN(Cc3ccc(OC)cc3)CCN12. The molecule has 2 heterocycles. The van der Waals surface area contributed by atoms with Gasteiger partial charge < -0.3 is 9.64 Å². The van der Waals surface area contributed by atoms with Crippen molar-refractivity contribution in [3.63, 3.8) is 0 Å². The van der Waals surface area contributed by atoms with E-state index in [0.717, 1.165) is 38.3 Å². The zero-order chi connectivity index (χ0) is 20.5. The van der Waals surface area contributed by atoms with E-state index in [0.29, 0.717) is 5.92 Å². The second-order valence-corrected chi connectivity index (χ2v) is 9.43. The highest BCUT2D eigenvalue weighted by atomic mass is 16.5. The molecular weight excluding hydrogens is 346 g/mol. The summed E-state index contributed by atoms with van der Waals surface area (Å²) < 4.78 is 5.30. The number of hydrogen-bond acceptors (Lipinski definition) is 4. The Balaban J connectivity index is 1.89. The number of fused-ring (bicyclic) bond motifs is 1. The summed E-state index contributed by atoms with van der Waals surface area (Å²) in [5.74, 6) is 2.69. The van der Waals surface area contributed by atoms with Crippen LogP contribution in [0.2, 0.25) is 0 Å². The van der Waals surface area contributed by atoms with Crippen LogP contribution in [-0.4, -0.2) is 48.4 Å². The molecule has 0 N–H and O–H groups in total. The molecule has 0 radical (unpaired) electrons. The van der Waals surface area contributed by atoms with E-state index in [1.54, 1.807) is 7.11 Å². The van der Waals surface area contributed by atoms with E-state index >= 15 is 0 Å². The Kier molecular flexibility index (Phi) is 6.18.